The molecule has 1 rings (SSSR count). The number of carbonyl (C=O) groups excluding carboxylic acids is 3. The smallest absolute Gasteiger partial charge is 0.407 e. The van der Waals surface area contributed by atoms with E-state index >= 15 is 0 Å². The van der Waals surface area contributed by atoms with E-state index in [1.165, 1.54) is 7.11 Å². The number of methoxy groups -OCH3 is 1. The van der Waals surface area contributed by atoms with Crippen LogP contribution in [0.25, 0.3) is 0 Å². The molecule has 2 N–H and O–H groups in total. The van der Waals surface area contributed by atoms with E-state index in [1.807, 2.05) is 44.2 Å². The monoisotopic (exact) mass is 378 g/mol. The molecule has 7 nitrogen and oxygen atoms in total. The van der Waals surface area contributed by atoms with Crippen molar-refractivity contribution in [3.8, 4) is 0 Å². The minimum Gasteiger partial charge on any atom is -0.467 e. The average molecular weight is 378 g/mol. The van der Waals surface area contributed by atoms with Gasteiger partial charge in [-0.2, -0.15) is 0 Å². The molecule has 0 aliphatic rings. The fraction of sp³-hybridized carbons (Fsp3) is 0.550. The Labute approximate surface area is 160 Å². The molecule has 27 heavy (non-hydrogen) atoms. The zero-order valence-electron chi connectivity index (χ0n) is 16.3. The summed E-state index contributed by atoms with van der Waals surface area (Å²) in [7, 11) is 1.31. The number of esters is 1. The summed E-state index contributed by atoms with van der Waals surface area (Å²) in [4.78, 5) is 35.1. The maximum absolute atomic E-state index is 11.9. The highest BCUT2D eigenvalue weighted by Gasteiger charge is 2.24. The Hall–Kier alpha value is -2.57. The summed E-state index contributed by atoms with van der Waals surface area (Å²) < 4.78 is 9.81. The Morgan fingerprint density at radius 1 is 1.04 bits per heavy atom. The molecule has 1 atom stereocenters. The first kappa shape index (κ1) is 22.5. The minimum atomic E-state index is -0.622. The van der Waals surface area contributed by atoms with Crippen molar-refractivity contribution in [2.24, 2.45) is 5.92 Å². The van der Waals surface area contributed by atoms with E-state index in [0.717, 1.165) is 18.4 Å². The van der Waals surface area contributed by atoms with Gasteiger partial charge in [0.05, 0.1) is 7.11 Å². The molecule has 0 unspecified atom stereocenters. The molecule has 1 aromatic carbocycles. The highest BCUT2D eigenvalue weighted by molar-refractivity contribution is 5.84. The van der Waals surface area contributed by atoms with Gasteiger partial charge >= 0.3 is 12.1 Å². The largest absolute Gasteiger partial charge is 0.467 e. The SMILES string of the molecule is COC(=O)[C@H](NC(=O)CCCCCNC(=O)OCc1ccccc1)C(C)C. The summed E-state index contributed by atoms with van der Waals surface area (Å²) in [5.74, 6) is -0.640. The van der Waals surface area contributed by atoms with Crippen molar-refractivity contribution in [1.29, 1.82) is 0 Å². The van der Waals surface area contributed by atoms with Crippen LogP contribution in [0.15, 0.2) is 30.3 Å². The lowest BCUT2D eigenvalue weighted by Crippen LogP contribution is -2.44. The van der Waals surface area contributed by atoms with Crippen LogP contribution in [0, 0.1) is 5.92 Å². The van der Waals surface area contributed by atoms with Crippen molar-refractivity contribution >= 4 is 18.0 Å². The third-order valence-corrected chi connectivity index (χ3v) is 4.00. The van der Waals surface area contributed by atoms with E-state index in [1.54, 1.807) is 0 Å². The summed E-state index contributed by atoms with van der Waals surface area (Å²) in [5.41, 5.74) is 0.935. The standard InChI is InChI=1S/C20H30N2O5/c1-15(2)18(19(24)26-3)22-17(23)12-8-5-9-13-21-20(25)27-14-16-10-6-4-7-11-16/h4,6-7,10-11,15,18H,5,8-9,12-14H2,1-3H3,(H,21,25)(H,22,23)/t18-/m1/s1. The fourth-order valence-corrected chi connectivity index (χ4v) is 2.42. The minimum absolute atomic E-state index is 0.0347. The molecule has 0 aromatic heterocycles. The number of rotatable bonds is 11. The normalized spacial score (nSPS) is 11.6. The molecule has 0 saturated heterocycles. The van der Waals surface area contributed by atoms with Crippen molar-refractivity contribution in [2.45, 2.75) is 52.2 Å². The number of nitrogens with one attached hydrogen (secondary N) is 2. The van der Waals surface area contributed by atoms with Gasteiger partial charge in [0.1, 0.15) is 12.6 Å². The third kappa shape index (κ3) is 9.63. The molecule has 0 aliphatic carbocycles. The van der Waals surface area contributed by atoms with Gasteiger partial charge in [0.2, 0.25) is 5.91 Å². The van der Waals surface area contributed by atoms with Gasteiger partial charge in [-0.25, -0.2) is 9.59 Å². The molecule has 0 radical (unpaired) electrons. The molecule has 0 bridgehead atoms. The number of carbonyl (C=O) groups is 3. The first-order chi connectivity index (χ1) is 12.9. The average Bonchev–Trinajstić information content (AvgIpc) is 2.67. The van der Waals surface area contributed by atoms with E-state index in [2.05, 4.69) is 10.6 Å². The number of benzene rings is 1. The van der Waals surface area contributed by atoms with Crippen molar-refractivity contribution in [1.82, 2.24) is 10.6 Å². The van der Waals surface area contributed by atoms with Crippen LogP contribution < -0.4 is 10.6 Å². The molecule has 0 spiro atoms. The van der Waals surface area contributed by atoms with Gasteiger partial charge in [-0.3, -0.25) is 4.79 Å². The van der Waals surface area contributed by atoms with Crippen LogP contribution in [0.5, 0.6) is 0 Å². The number of alkyl carbamates (subject to hydrolysis) is 1. The molecule has 0 saturated carbocycles. The first-order valence-corrected chi connectivity index (χ1v) is 9.25. The molecule has 0 fully saturated rings. The van der Waals surface area contributed by atoms with Crippen molar-refractivity contribution < 1.29 is 23.9 Å². The second-order valence-electron chi connectivity index (χ2n) is 6.61. The maximum atomic E-state index is 11.9. The van der Waals surface area contributed by atoms with Crippen LogP contribution in [-0.2, 0) is 25.7 Å². The molecule has 7 heteroatoms. The van der Waals surface area contributed by atoms with E-state index in [-0.39, 0.29) is 18.4 Å². The number of unbranched alkanes of at least 4 members (excludes halogenated alkanes) is 2. The summed E-state index contributed by atoms with van der Waals surface area (Å²) in [6.07, 6.45) is 2.10. The van der Waals surface area contributed by atoms with Crippen LogP contribution in [0.2, 0.25) is 0 Å². The molecule has 2 amide bonds. The Balaban J connectivity index is 2.09. The highest BCUT2D eigenvalue weighted by atomic mass is 16.5. The van der Waals surface area contributed by atoms with Crippen LogP contribution in [0.3, 0.4) is 0 Å². The molecular weight excluding hydrogens is 348 g/mol. The summed E-state index contributed by atoms with van der Waals surface area (Å²) >= 11 is 0. The summed E-state index contributed by atoms with van der Waals surface area (Å²) in [6, 6.07) is 8.85. The molecule has 150 valence electrons. The zero-order chi connectivity index (χ0) is 20.1. The molecule has 0 aliphatic heterocycles. The van der Waals surface area contributed by atoms with Gasteiger partial charge in [0.15, 0.2) is 0 Å². The predicted molar refractivity (Wildman–Crippen MR) is 102 cm³/mol. The second kappa shape index (κ2) is 12.7. The lowest BCUT2D eigenvalue weighted by Gasteiger charge is -2.19. The predicted octanol–water partition coefficient (Wildman–Crippen LogP) is 2.79. The van der Waals surface area contributed by atoms with Gasteiger partial charge in [-0.15, -0.1) is 0 Å². The Bertz CT molecular complexity index is 589. The van der Waals surface area contributed by atoms with Crippen molar-refractivity contribution in [2.75, 3.05) is 13.7 Å². The first-order valence-electron chi connectivity index (χ1n) is 9.25. The Kier molecular flexibility index (Phi) is 10.6. The van der Waals surface area contributed by atoms with E-state index in [0.29, 0.717) is 19.4 Å². The Morgan fingerprint density at radius 2 is 1.74 bits per heavy atom. The number of ether oxygens (including phenoxy) is 2. The van der Waals surface area contributed by atoms with Gasteiger partial charge in [0.25, 0.3) is 0 Å². The van der Waals surface area contributed by atoms with Crippen LogP contribution in [0.4, 0.5) is 4.79 Å². The van der Waals surface area contributed by atoms with Crippen molar-refractivity contribution in [3.63, 3.8) is 0 Å². The molecule has 1 aromatic rings. The summed E-state index contributed by atoms with van der Waals surface area (Å²) in [5, 5.41) is 5.39. The number of hydrogen-bond donors (Lipinski definition) is 2. The fourth-order valence-electron chi connectivity index (χ4n) is 2.42. The van der Waals surface area contributed by atoms with E-state index < -0.39 is 18.1 Å². The molecular formula is C20H30N2O5. The second-order valence-corrected chi connectivity index (χ2v) is 6.61. The van der Waals surface area contributed by atoms with Gasteiger partial charge in [0, 0.05) is 13.0 Å². The number of hydrogen-bond acceptors (Lipinski definition) is 5. The maximum Gasteiger partial charge on any atom is 0.407 e. The highest BCUT2D eigenvalue weighted by Crippen LogP contribution is 2.06. The van der Waals surface area contributed by atoms with E-state index in [4.69, 9.17) is 9.47 Å². The number of amides is 2. The lowest BCUT2D eigenvalue weighted by atomic mass is 10.0. The van der Waals surface area contributed by atoms with Crippen LogP contribution in [-0.4, -0.2) is 37.7 Å². The van der Waals surface area contributed by atoms with Crippen LogP contribution >= 0.6 is 0 Å². The zero-order valence-corrected chi connectivity index (χ0v) is 16.3. The van der Waals surface area contributed by atoms with Gasteiger partial charge in [-0.05, 0) is 24.3 Å². The van der Waals surface area contributed by atoms with Crippen molar-refractivity contribution in [3.05, 3.63) is 35.9 Å². The molecule has 0 heterocycles. The third-order valence-electron chi connectivity index (χ3n) is 4.00. The quantitative estimate of drug-likeness (QED) is 0.456. The Morgan fingerprint density at radius 3 is 2.37 bits per heavy atom. The lowest BCUT2D eigenvalue weighted by molar-refractivity contribution is -0.146. The van der Waals surface area contributed by atoms with Gasteiger partial charge in [-0.1, -0.05) is 50.6 Å². The van der Waals surface area contributed by atoms with E-state index in [9.17, 15) is 14.4 Å². The van der Waals surface area contributed by atoms with Crippen LogP contribution in [0.1, 0.15) is 45.1 Å². The topological polar surface area (TPSA) is 93.7 Å². The van der Waals surface area contributed by atoms with Gasteiger partial charge < -0.3 is 20.1 Å². The summed E-state index contributed by atoms with van der Waals surface area (Å²) in [6.45, 7) is 4.44.